The van der Waals surface area contributed by atoms with E-state index in [4.69, 9.17) is 4.74 Å². The molecule has 1 aromatic heterocycles. The Morgan fingerprint density at radius 1 is 1.57 bits per heavy atom. The first-order valence-corrected chi connectivity index (χ1v) is 5.31. The van der Waals surface area contributed by atoms with Crippen LogP contribution in [0, 0.1) is 0 Å². The summed E-state index contributed by atoms with van der Waals surface area (Å²) in [6.45, 7) is 3.68. The predicted molar refractivity (Wildman–Crippen MR) is 57.2 cm³/mol. The van der Waals surface area contributed by atoms with Gasteiger partial charge in [0.15, 0.2) is 0 Å². The molecule has 1 unspecified atom stereocenters. The van der Waals surface area contributed by atoms with Gasteiger partial charge in [0, 0.05) is 12.7 Å². The predicted octanol–water partition coefficient (Wildman–Crippen LogP) is 1.83. The lowest BCUT2D eigenvalue weighted by Gasteiger charge is -2.23. The van der Waals surface area contributed by atoms with Crippen molar-refractivity contribution in [2.24, 2.45) is 0 Å². The van der Waals surface area contributed by atoms with Gasteiger partial charge in [-0.1, -0.05) is 0 Å². The lowest BCUT2D eigenvalue weighted by Crippen LogP contribution is -2.35. The van der Waals surface area contributed by atoms with Crippen LogP contribution in [0.25, 0.3) is 0 Å². The fraction of sp³-hybridized carbons (Fsp3) is 0.556. The highest BCUT2D eigenvalue weighted by molar-refractivity contribution is 9.10. The van der Waals surface area contributed by atoms with Gasteiger partial charge in [-0.2, -0.15) is 0 Å². The first-order chi connectivity index (χ1) is 6.68. The third-order valence-corrected chi connectivity index (χ3v) is 2.72. The van der Waals surface area contributed by atoms with Crippen molar-refractivity contribution in [2.75, 3.05) is 18.5 Å². The van der Waals surface area contributed by atoms with Gasteiger partial charge in [-0.15, -0.1) is 0 Å². The second kappa shape index (κ2) is 3.82. The fourth-order valence-electron chi connectivity index (χ4n) is 1.48. The molecule has 0 aliphatic carbocycles. The van der Waals surface area contributed by atoms with Gasteiger partial charge >= 0.3 is 0 Å². The fourth-order valence-corrected chi connectivity index (χ4v) is 1.79. The van der Waals surface area contributed by atoms with Crippen LogP contribution in [-0.4, -0.2) is 28.7 Å². The summed E-state index contributed by atoms with van der Waals surface area (Å²) in [6.07, 6.45) is 2.54. The Morgan fingerprint density at radius 3 is 3.07 bits per heavy atom. The molecule has 0 saturated carbocycles. The molecule has 0 spiro atoms. The van der Waals surface area contributed by atoms with Crippen molar-refractivity contribution in [1.29, 1.82) is 0 Å². The summed E-state index contributed by atoms with van der Waals surface area (Å²) in [6, 6.07) is 1.86. The molecule has 14 heavy (non-hydrogen) atoms. The molecular formula is C9H12BrN3O. The lowest BCUT2D eigenvalue weighted by atomic mass is 10.0. The van der Waals surface area contributed by atoms with E-state index < -0.39 is 0 Å². The number of hydrogen-bond donors (Lipinski definition) is 1. The second-order valence-electron chi connectivity index (χ2n) is 3.71. The maximum absolute atomic E-state index is 5.34. The van der Waals surface area contributed by atoms with E-state index in [2.05, 4.69) is 38.1 Å². The zero-order chi connectivity index (χ0) is 10.0. The summed E-state index contributed by atoms with van der Waals surface area (Å²) in [4.78, 5) is 8.11. The molecule has 5 heteroatoms. The van der Waals surface area contributed by atoms with Gasteiger partial charge in [0.1, 0.15) is 16.7 Å². The topological polar surface area (TPSA) is 47.0 Å². The van der Waals surface area contributed by atoms with Crippen LogP contribution in [0.15, 0.2) is 17.0 Å². The van der Waals surface area contributed by atoms with Gasteiger partial charge in [-0.25, -0.2) is 9.97 Å². The van der Waals surface area contributed by atoms with Gasteiger partial charge in [0.25, 0.3) is 0 Å². The van der Waals surface area contributed by atoms with Crippen molar-refractivity contribution >= 4 is 21.7 Å². The number of nitrogens with zero attached hydrogens (tertiary/aromatic N) is 2. The van der Waals surface area contributed by atoms with E-state index in [9.17, 15) is 0 Å². The quantitative estimate of drug-likeness (QED) is 0.822. The molecule has 0 amide bonds. The minimum atomic E-state index is 0.00773. The van der Waals surface area contributed by atoms with Crippen LogP contribution in [0.3, 0.4) is 0 Å². The Balaban J connectivity index is 2.10. The monoisotopic (exact) mass is 257 g/mol. The summed E-state index contributed by atoms with van der Waals surface area (Å²) in [7, 11) is 0. The molecule has 0 radical (unpaired) electrons. The van der Waals surface area contributed by atoms with Gasteiger partial charge in [-0.05, 0) is 29.3 Å². The molecule has 0 aromatic carbocycles. The Morgan fingerprint density at radius 2 is 2.43 bits per heavy atom. The number of nitrogens with one attached hydrogen (secondary N) is 1. The number of halogens is 1. The molecule has 1 N–H and O–H groups in total. The van der Waals surface area contributed by atoms with Crippen molar-refractivity contribution < 1.29 is 4.74 Å². The van der Waals surface area contributed by atoms with E-state index in [1.165, 1.54) is 6.33 Å². The minimum absolute atomic E-state index is 0.00773. The molecular weight excluding hydrogens is 246 g/mol. The summed E-state index contributed by atoms with van der Waals surface area (Å²) in [5.41, 5.74) is 0.00773. The maximum atomic E-state index is 5.34. The van der Waals surface area contributed by atoms with E-state index in [0.29, 0.717) is 0 Å². The maximum Gasteiger partial charge on any atom is 0.130 e. The average molecular weight is 258 g/mol. The SMILES string of the molecule is CC1(Nc2cc(Br)ncn2)CCOC1. The van der Waals surface area contributed by atoms with Crippen molar-refractivity contribution in [3.8, 4) is 0 Å². The van der Waals surface area contributed by atoms with E-state index in [0.717, 1.165) is 30.1 Å². The summed E-state index contributed by atoms with van der Waals surface area (Å²) >= 11 is 3.31. The van der Waals surface area contributed by atoms with E-state index >= 15 is 0 Å². The van der Waals surface area contributed by atoms with Crippen LogP contribution < -0.4 is 5.32 Å². The van der Waals surface area contributed by atoms with Crippen molar-refractivity contribution in [2.45, 2.75) is 18.9 Å². The van der Waals surface area contributed by atoms with Crippen molar-refractivity contribution in [1.82, 2.24) is 9.97 Å². The molecule has 1 fully saturated rings. The van der Waals surface area contributed by atoms with Crippen LogP contribution in [-0.2, 0) is 4.74 Å². The van der Waals surface area contributed by atoms with E-state index in [1.807, 2.05) is 6.07 Å². The van der Waals surface area contributed by atoms with Crippen LogP contribution >= 0.6 is 15.9 Å². The summed E-state index contributed by atoms with van der Waals surface area (Å²) in [5, 5.41) is 3.35. The molecule has 1 aliphatic rings. The lowest BCUT2D eigenvalue weighted by molar-refractivity contribution is 0.185. The number of ether oxygens (including phenoxy) is 1. The first-order valence-electron chi connectivity index (χ1n) is 4.51. The van der Waals surface area contributed by atoms with Crippen LogP contribution in [0.2, 0.25) is 0 Å². The molecule has 2 rings (SSSR count). The molecule has 4 nitrogen and oxygen atoms in total. The molecule has 1 aromatic rings. The zero-order valence-electron chi connectivity index (χ0n) is 7.96. The van der Waals surface area contributed by atoms with Crippen LogP contribution in [0.4, 0.5) is 5.82 Å². The largest absolute Gasteiger partial charge is 0.379 e. The number of aromatic nitrogens is 2. The third-order valence-electron chi connectivity index (χ3n) is 2.28. The Kier molecular flexibility index (Phi) is 2.69. The highest BCUT2D eigenvalue weighted by atomic mass is 79.9. The molecule has 1 saturated heterocycles. The molecule has 2 heterocycles. The third kappa shape index (κ3) is 2.22. The van der Waals surface area contributed by atoms with E-state index in [-0.39, 0.29) is 5.54 Å². The van der Waals surface area contributed by atoms with Gasteiger partial charge in [0.05, 0.1) is 12.1 Å². The average Bonchev–Trinajstić information content (AvgIpc) is 2.51. The first kappa shape index (κ1) is 9.86. The standard InChI is InChI=1S/C9H12BrN3O/c1-9(2-3-14-5-9)13-8-4-7(10)11-6-12-8/h4,6H,2-3,5H2,1H3,(H,11,12,13). The molecule has 1 aliphatic heterocycles. The Hall–Kier alpha value is -0.680. The van der Waals surface area contributed by atoms with Gasteiger partial charge < -0.3 is 10.1 Å². The number of rotatable bonds is 2. The van der Waals surface area contributed by atoms with Gasteiger partial charge in [0.2, 0.25) is 0 Å². The van der Waals surface area contributed by atoms with Crippen molar-refractivity contribution in [3.63, 3.8) is 0 Å². The van der Waals surface area contributed by atoms with Crippen LogP contribution in [0.5, 0.6) is 0 Å². The normalized spacial score (nSPS) is 26.4. The zero-order valence-corrected chi connectivity index (χ0v) is 9.54. The van der Waals surface area contributed by atoms with Gasteiger partial charge in [-0.3, -0.25) is 0 Å². The number of hydrogen-bond acceptors (Lipinski definition) is 4. The summed E-state index contributed by atoms with van der Waals surface area (Å²) in [5.74, 6) is 0.833. The molecule has 1 atom stereocenters. The molecule has 0 bridgehead atoms. The molecule has 76 valence electrons. The summed E-state index contributed by atoms with van der Waals surface area (Å²) < 4.78 is 6.13. The second-order valence-corrected chi connectivity index (χ2v) is 4.53. The highest BCUT2D eigenvalue weighted by Gasteiger charge is 2.29. The number of anilines is 1. The minimum Gasteiger partial charge on any atom is -0.379 e. The Labute approximate surface area is 91.2 Å². The van der Waals surface area contributed by atoms with Crippen LogP contribution in [0.1, 0.15) is 13.3 Å². The Bertz CT molecular complexity index is 326. The highest BCUT2D eigenvalue weighted by Crippen LogP contribution is 2.23. The smallest absolute Gasteiger partial charge is 0.130 e. The van der Waals surface area contributed by atoms with E-state index in [1.54, 1.807) is 0 Å². The van der Waals surface area contributed by atoms with Crippen molar-refractivity contribution in [3.05, 3.63) is 17.0 Å².